The first-order valence-corrected chi connectivity index (χ1v) is 2.90. The minimum atomic E-state index is -2.16. The van der Waals surface area contributed by atoms with Crippen LogP contribution in [0.15, 0.2) is 0 Å². The predicted octanol–water partition coefficient (Wildman–Crippen LogP) is 2.43. The molecule has 0 heterocycles. The van der Waals surface area contributed by atoms with Crippen LogP contribution in [-0.4, -0.2) is 5.11 Å². The van der Waals surface area contributed by atoms with Crippen molar-refractivity contribution >= 4 is 5.69 Å². The van der Waals surface area contributed by atoms with Crippen molar-refractivity contribution in [2.75, 3.05) is 0 Å². The van der Waals surface area contributed by atoms with Gasteiger partial charge in [-0.1, -0.05) is 0 Å². The number of aromatic hydroxyl groups is 1. The van der Waals surface area contributed by atoms with Crippen LogP contribution in [0.4, 0.5) is 23.2 Å². The van der Waals surface area contributed by atoms with E-state index < -0.39 is 34.7 Å². The molecule has 7 heteroatoms. The Morgan fingerprint density at radius 3 is 1.85 bits per heavy atom. The summed E-state index contributed by atoms with van der Waals surface area (Å²) < 4.78 is 49.6. The van der Waals surface area contributed by atoms with E-state index in [0.29, 0.717) is 0 Å². The topological polar surface area (TPSA) is 48.4 Å². The maximum atomic E-state index is 12.5. The molecule has 3 nitrogen and oxygen atoms in total. The number of phenolic OH excluding ortho intramolecular Hbond substituents is 1. The summed E-state index contributed by atoms with van der Waals surface area (Å²) in [5.41, 5.74) is -1.38. The SMILES string of the molecule is N#[N+]c1c(O)c(F)c(F)c(F)c1F. The van der Waals surface area contributed by atoms with Crippen LogP contribution in [0.2, 0.25) is 0 Å². The Hall–Kier alpha value is -1.84. The van der Waals surface area contributed by atoms with Gasteiger partial charge in [-0.05, 0) is 0 Å². The van der Waals surface area contributed by atoms with Crippen LogP contribution in [0, 0.1) is 28.7 Å². The van der Waals surface area contributed by atoms with Gasteiger partial charge in [0.1, 0.15) is 0 Å². The number of hydrogen-bond acceptors (Lipinski definition) is 2. The van der Waals surface area contributed by atoms with Crippen molar-refractivity contribution in [2.24, 2.45) is 0 Å². The number of halogens is 4. The van der Waals surface area contributed by atoms with E-state index in [9.17, 15) is 17.6 Å². The van der Waals surface area contributed by atoms with Gasteiger partial charge in [0.2, 0.25) is 22.8 Å². The first-order valence-electron chi connectivity index (χ1n) is 2.90. The van der Waals surface area contributed by atoms with Crippen LogP contribution in [0.3, 0.4) is 0 Å². The van der Waals surface area contributed by atoms with Crippen LogP contribution < -0.4 is 0 Å². The highest BCUT2D eigenvalue weighted by Crippen LogP contribution is 2.35. The molecule has 13 heavy (non-hydrogen) atoms. The van der Waals surface area contributed by atoms with Crippen LogP contribution in [0.5, 0.6) is 5.75 Å². The lowest BCUT2D eigenvalue weighted by Crippen LogP contribution is -1.95. The highest BCUT2D eigenvalue weighted by atomic mass is 19.2. The fourth-order valence-electron chi connectivity index (χ4n) is 0.700. The van der Waals surface area contributed by atoms with Crippen molar-refractivity contribution in [1.82, 2.24) is 0 Å². The first kappa shape index (κ1) is 9.25. The fraction of sp³-hybridized carbons (Fsp3) is 0. The van der Waals surface area contributed by atoms with Crippen molar-refractivity contribution in [2.45, 2.75) is 0 Å². The van der Waals surface area contributed by atoms with Crippen LogP contribution in [0.25, 0.3) is 4.98 Å². The molecular formula is C6HF4N2O+. The van der Waals surface area contributed by atoms with E-state index in [0.717, 1.165) is 0 Å². The maximum Gasteiger partial charge on any atom is 0.467 e. The van der Waals surface area contributed by atoms with Crippen molar-refractivity contribution < 1.29 is 22.7 Å². The summed E-state index contributed by atoms with van der Waals surface area (Å²) in [6.45, 7) is 0. The average molecular weight is 193 g/mol. The molecule has 0 aliphatic rings. The van der Waals surface area contributed by atoms with E-state index in [1.165, 1.54) is 0 Å². The molecule has 68 valence electrons. The lowest BCUT2D eigenvalue weighted by Gasteiger charge is -1.95. The van der Waals surface area contributed by atoms with Gasteiger partial charge in [-0.15, -0.1) is 0 Å². The molecule has 0 unspecified atom stereocenters. The number of nitrogens with zero attached hydrogens (tertiary/aromatic N) is 2. The van der Waals surface area contributed by atoms with Crippen LogP contribution in [0.1, 0.15) is 0 Å². The van der Waals surface area contributed by atoms with Gasteiger partial charge in [0.15, 0.2) is 4.98 Å². The third-order valence-electron chi connectivity index (χ3n) is 1.32. The molecule has 0 radical (unpaired) electrons. The molecule has 0 spiro atoms. The second-order valence-electron chi connectivity index (χ2n) is 2.05. The Morgan fingerprint density at radius 2 is 1.38 bits per heavy atom. The van der Waals surface area contributed by atoms with Crippen molar-refractivity contribution in [3.05, 3.63) is 28.2 Å². The van der Waals surface area contributed by atoms with Crippen LogP contribution >= 0.6 is 0 Å². The zero-order valence-electron chi connectivity index (χ0n) is 5.85. The molecular weight excluding hydrogens is 192 g/mol. The summed E-state index contributed by atoms with van der Waals surface area (Å²) in [5.74, 6) is -9.87. The van der Waals surface area contributed by atoms with Crippen LogP contribution in [-0.2, 0) is 0 Å². The normalized spacial score (nSPS) is 9.77. The standard InChI is InChI=1S/C6F4N2O/c7-1-2(8)4(10)6(13)5(12-11)3(1)9/p+1. The number of rotatable bonds is 0. The molecule has 1 rings (SSSR count). The summed E-state index contributed by atoms with van der Waals surface area (Å²) in [4.78, 5) is 2.06. The monoisotopic (exact) mass is 193 g/mol. The van der Waals surface area contributed by atoms with Gasteiger partial charge in [0.25, 0.3) is 11.6 Å². The van der Waals surface area contributed by atoms with E-state index in [4.69, 9.17) is 10.5 Å². The third kappa shape index (κ3) is 1.16. The van der Waals surface area contributed by atoms with Gasteiger partial charge in [0.05, 0.1) is 0 Å². The van der Waals surface area contributed by atoms with Gasteiger partial charge in [-0.25, -0.2) is 8.78 Å². The summed E-state index contributed by atoms with van der Waals surface area (Å²) in [6, 6.07) is 0. The second-order valence-corrected chi connectivity index (χ2v) is 2.05. The fourth-order valence-corrected chi connectivity index (χ4v) is 0.700. The third-order valence-corrected chi connectivity index (χ3v) is 1.32. The zero-order valence-corrected chi connectivity index (χ0v) is 5.85. The van der Waals surface area contributed by atoms with E-state index >= 15 is 0 Å². The summed E-state index contributed by atoms with van der Waals surface area (Å²) in [6.07, 6.45) is 0. The molecule has 1 aromatic rings. The highest BCUT2D eigenvalue weighted by molar-refractivity contribution is 5.58. The number of hydrogen-bond donors (Lipinski definition) is 1. The first-order chi connectivity index (χ1) is 6.00. The summed E-state index contributed by atoms with van der Waals surface area (Å²) in [5, 5.41) is 16.6. The van der Waals surface area contributed by atoms with E-state index in [2.05, 4.69) is 4.98 Å². The lowest BCUT2D eigenvalue weighted by atomic mass is 10.2. The molecule has 0 aliphatic carbocycles. The molecule has 0 amide bonds. The second kappa shape index (κ2) is 2.90. The molecule has 0 atom stereocenters. The predicted molar refractivity (Wildman–Crippen MR) is 32.7 cm³/mol. The smallest absolute Gasteiger partial charge is 0.467 e. The quantitative estimate of drug-likeness (QED) is 0.297. The number of benzene rings is 1. The Balaban J connectivity index is 3.69. The highest BCUT2D eigenvalue weighted by Gasteiger charge is 2.33. The Kier molecular flexibility index (Phi) is 2.06. The van der Waals surface area contributed by atoms with Crippen molar-refractivity contribution in [1.29, 1.82) is 5.39 Å². The van der Waals surface area contributed by atoms with E-state index in [-0.39, 0.29) is 0 Å². The molecule has 1 N–H and O–H groups in total. The minimum Gasteiger partial charge on any atom is -0.499 e. The molecule has 0 saturated heterocycles. The van der Waals surface area contributed by atoms with Gasteiger partial charge in [-0.2, -0.15) is 8.78 Å². The maximum absolute atomic E-state index is 12.5. The van der Waals surface area contributed by atoms with Gasteiger partial charge < -0.3 is 5.11 Å². The number of phenols is 1. The average Bonchev–Trinajstić information content (AvgIpc) is 2.13. The van der Waals surface area contributed by atoms with Gasteiger partial charge >= 0.3 is 5.69 Å². The van der Waals surface area contributed by atoms with Crippen molar-refractivity contribution in [3.63, 3.8) is 0 Å². The van der Waals surface area contributed by atoms with E-state index in [1.54, 1.807) is 0 Å². The van der Waals surface area contributed by atoms with Crippen molar-refractivity contribution in [3.8, 4) is 5.75 Å². The van der Waals surface area contributed by atoms with Gasteiger partial charge in [-0.3, -0.25) is 0 Å². The Bertz CT molecular complexity index is 383. The van der Waals surface area contributed by atoms with E-state index in [1.807, 2.05) is 0 Å². The number of diazo groups is 1. The molecule has 0 fully saturated rings. The summed E-state index contributed by atoms with van der Waals surface area (Å²) in [7, 11) is 0. The summed E-state index contributed by atoms with van der Waals surface area (Å²) >= 11 is 0. The largest absolute Gasteiger partial charge is 0.499 e. The molecule has 0 saturated carbocycles. The molecule has 0 bridgehead atoms. The Labute approximate surface area is 68.8 Å². The zero-order chi connectivity index (χ0) is 10.2. The lowest BCUT2D eigenvalue weighted by molar-refractivity contribution is 0.369. The minimum absolute atomic E-state index is 1.38. The Morgan fingerprint density at radius 1 is 0.923 bits per heavy atom. The van der Waals surface area contributed by atoms with Gasteiger partial charge in [0, 0.05) is 0 Å². The molecule has 0 aliphatic heterocycles. The molecule has 1 aromatic carbocycles. The molecule has 0 aromatic heterocycles.